The van der Waals surface area contributed by atoms with E-state index in [1.54, 1.807) is 13.2 Å². The maximum absolute atomic E-state index is 13.0. The number of halogens is 4. The lowest BCUT2D eigenvalue weighted by Gasteiger charge is -2.19. The molecule has 1 atom stereocenters. The lowest BCUT2D eigenvalue weighted by molar-refractivity contribution is -0.138. The van der Waals surface area contributed by atoms with Crippen LogP contribution in [-0.4, -0.2) is 31.2 Å². The highest BCUT2D eigenvalue weighted by molar-refractivity contribution is 9.10. The summed E-state index contributed by atoms with van der Waals surface area (Å²) in [6.07, 6.45) is -3.32. The first kappa shape index (κ1) is 14.8. The summed E-state index contributed by atoms with van der Waals surface area (Å²) in [5.74, 6) is 0. The largest absolute Gasteiger partial charge is 0.416 e. The molecule has 1 aromatic carbocycles. The minimum atomic E-state index is -4.32. The maximum atomic E-state index is 13.0. The Bertz CT molecular complexity index is 450. The summed E-state index contributed by atoms with van der Waals surface area (Å²) >= 11 is 3.09. The van der Waals surface area contributed by atoms with Crippen molar-refractivity contribution in [2.75, 3.05) is 20.2 Å². The maximum Gasteiger partial charge on any atom is 0.416 e. The number of likely N-dealkylation sites (tertiary alicyclic amines) is 1. The first-order chi connectivity index (χ1) is 8.90. The van der Waals surface area contributed by atoms with E-state index in [0.29, 0.717) is 23.1 Å². The molecule has 0 N–H and O–H groups in total. The summed E-state index contributed by atoms with van der Waals surface area (Å²) in [6, 6.07) is 4.32. The van der Waals surface area contributed by atoms with Crippen LogP contribution in [0.2, 0.25) is 0 Å². The summed E-state index contributed by atoms with van der Waals surface area (Å²) in [6.45, 7) is 1.76. The summed E-state index contributed by atoms with van der Waals surface area (Å²) in [7, 11) is 1.63. The van der Waals surface area contributed by atoms with E-state index in [9.17, 15) is 13.2 Å². The fourth-order valence-electron chi connectivity index (χ4n) is 2.32. The highest BCUT2D eigenvalue weighted by atomic mass is 79.9. The van der Waals surface area contributed by atoms with Gasteiger partial charge in [0.05, 0.1) is 11.7 Å². The molecule has 0 spiro atoms. The summed E-state index contributed by atoms with van der Waals surface area (Å²) in [5.41, 5.74) is -0.254. The van der Waals surface area contributed by atoms with E-state index < -0.39 is 11.7 Å². The molecule has 2 nitrogen and oxygen atoms in total. The number of hydrogen-bond donors (Lipinski definition) is 0. The molecule has 0 aliphatic carbocycles. The van der Waals surface area contributed by atoms with E-state index >= 15 is 0 Å². The van der Waals surface area contributed by atoms with Crippen LogP contribution >= 0.6 is 15.9 Å². The zero-order chi connectivity index (χ0) is 14.0. The zero-order valence-electron chi connectivity index (χ0n) is 10.5. The molecule has 1 aliphatic rings. The molecule has 0 bridgehead atoms. The third-order valence-corrected chi connectivity index (χ3v) is 3.83. The second-order valence-electron chi connectivity index (χ2n) is 4.68. The third-order valence-electron chi connectivity index (χ3n) is 3.33. The predicted molar refractivity (Wildman–Crippen MR) is 69.8 cm³/mol. The molecule has 0 radical (unpaired) electrons. The minimum absolute atomic E-state index is 0.129. The predicted octanol–water partition coefficient (Wildman–Crippen LogP) is 3.69. The van der Waals surface area contributed by atoms with Gasteiger partial charge >= 0.3 is 6.18 Å². The highest BCUT2D eigenvalue weighted by Gasteiger charge is 2.34. The lowest BCUT2D eigenvalue weighted by Crippen LogP contribution is -2.24. The molecule has 1 aromatic rings. The van der Waals surface area contributed by atoms with Gasteiger partial charge in [-0.3, -0.25) is 4.90 Å². The molecular weight excluding hydrogens is 323 g/mol. The van der Waals surface area contributed by atoms with Gasteiger partial charge < -0.3 is 4.74 Å². The van der Waals surface area contributed by atoms with Gasteiger partial charge in [0.15, 0.2) is 0 Å². The molecule has 0 unspecified atom stereocenters. The minimum Gasteiger partial charge on any atom is -0.380 e. The second-order valence-corrected chi connectivity index (χ2v) is 5.60. The number of methoxy groups -OCH3 is 1. The molecule has 106 valence electrons. The van der Waals surface area contributed by atoms with Crippen molar-refractivity contribution in [3.05, 3.63) is 33.8 Å². The molecule has 1 aliphatic heterocycles. The number of alkyl halides is 3. The van der Waals surface area contributed by atoms with Crippen LogP contribution < -0.4 is 0 Å². The van der Waals surface area contributed by atoms with Crippen LogP contribution in [0.3, 0.4) is 0 Å². The highest BCUT2D eigenvalue weighted by Crippen LogP contribution is 2.34. The third kappa shape index (κ3) is 3.70. The molecule has 2 rings (SSSR count). The topological polar surface area (TPSA) is 12.5 Å². The van der Waals surface area contributed by atoms with Gasteiger partial charge in [-0.25, -0.2) is 0 Å². The van der Waals surface area contributed by atoms with Crippen molar-refractivity contribution in [1.82, 2.24) is 4.90 Å². The monoisotopic (exact) mass is 337 g/mol. The number of ether oxygens (including phenoxy) is 1. The van der Waals surface area contributed by atoms with Crippen molar-refractivity contribution in [2.24, 2.45) is 0 Å². The average molecular weight is 338 g/mol. The van der Waals surface area contributed by atoms with Crippen LogP contribution in [0.15, 0.2) is 22.7 Å². The van der Waals surface area contributed by atoms with Crippen LogP contribution in [0.1, 0.15) is 17.5 Å². The summed E-state index contributed by atoms with van der Waals surface area (Å²) < 4.78 is 44.6. The molecule has 0 aromatic heterocycles. The normalized spacial score (nSPS) is 21.0. The van der Waals surface area contributed by atoms with Gasteiger partial charge in [-0.15, -0.1) is 0 Å². The molecule has 0 saturated carbocycles. The van der Waals surface area contributed by atoms with E-state index in [2.05, 4.69) is 15.9 Å². The Morgan fingerprint density at radius 1 is 1.42 bits per heavy atom. The van der Waals surface area contributed by atoms with E-state index in [0.717, 1.165) is 19.0 Å². The van der Waals surface area contributed by atoms with Crippen molar-refractivity contribution in [2.45, 2.75) is 25.2 Å². The second kappa shape index (κ2) is 5.81. The Labute approximate surface area is 118 Å². The SMILES string of the molecule is CO[C@H]1CCN(Cc2ccc(Br)cc2C(F)(F)F)C1. The number of rotatable bonds is 3. The molecule has 0 amide bonds. The smallest absolute Gasteiger partial charge is 0.380 e. The van der Waals surface area contributed by atoms with Crippen molar-refractivity contribution in [3.63, 3.8) is 0 Å². The van der Waals surface area contributed by atoms with Crippen LogP contribution in [0.4, 0.5) is 13.2 Å². The molecule has 6 heteroatoms. The Kier molecular flexibility index (Phi) is 4.53. The number of hydrogen-bond acceptors (Lipinski definition) is 2. The van der Waals surface area contributed by atoms with Crippen molar-refractivity contribution in [1.29, 1.82) is 0 Å². The fraction of sp³-hybridized carbons (Fsp3) is 0.538. The van der Waals surface area contributed by atoms with Gasteiger partial charge in [0.1, 0.15) is 0 Å². The standard InChI is InChI=1S/C13H15BrF3NO/c1-19-11-4-5-18(8-11)7-9-2-3-10(14)6-12(9)13(15,16)17/h2-3,6,11H,4-5,7-8H2,1H3/t11-/m0/s1. The average Bonchev–Trinajstić information content (AvgIpc) is 2.78. The van der Waals surface area contributed by atoms with Crippen LogP contribution in [-0.2, 0) is 17.5 Å². The Morgan fingerprint density at radius 3 is 2.74 bits per heavy atom. The Balaban J connectivity index is 2.16. The van der Waals surface area contributed by atoms with Crippen molar-refractivity contribution in [3.8, 4) is 0 Å². The first-order valence-electron chi connectivity index (χ1n) is 6.01. The quantitative estimate of drug-likeness (QED) is 0.834. The summed E-state index contributed by atoms with van der Waals surface area (Å²) in [4.78, 5) is 1.99. The Hall–Kier alpha value is -0.590. The molecule has 1 heterocycles. The van der Waals surface area contributed by atoms with Crippen LogP contribution in [0.5, 0.6) is 0 Å². The number of benzene rings is 1. The van der Waals surface area contributed by atoms with Gasteiger partial charge in [0, 0.05) is 31.2 Å². The van der Waals surface area contributed by atoms with E-state index in [1.807, 2.05) is 4.90 Å². The van der Waals surface area contributed by atoms with E-state index in [1.165, 1.54) is 6.07 Å². The molecule has 1 saturated heterocycles. The lowest BCUT2D eigenvalue weighted by atomic mass is 10.1. The van der Waals surface area contributed by atoms with Gasteiger partial charge in [0.2, 0.25) is 0 Å². The molecular formula is C13H15BrF3NO. The van der Waals surface area contributed by atoms with Gasteiger partial charge in [-0.2, -0.15) is 13.2 Å². The Morgan fingerprint density at radius 2 is 2.16 bits per heavy atom. The van der Waals surface area contributed by atoms with Crippen LogP contribution in [0, 0.1) is 0 Å². The van der Waals surface area contributed by atoms with Gasteiger partial charge in [0.25, 0.3) is 0 Å². The first-order valence-corrected chi connectivity index (χ1v) is 6.80. The van der Waals surface area contributed by atoms with E-state index in [4.69, 9.17) is 4.74 Å². The van der Waals surface area contributed by atoms with Crippen LogP contribution in [0.25, 0.3) is 0 Å². The van der Waals surface area contributed by atoms with Gasteiger partial charge in [-0.05, 0) is 24.1 Å². The summed E-state index contributed by atoms with van der Waals surface area (Å²) in [5, 5.41) is 0. The molecule has 1 fully saturated rings. The van der Waals surface area contributed by atoms with Crippen molar-refractivity contribution >= 4 is 15.9 Å². The fourth-order valence-corrected chi connectivity index (χ4v) is 2.69. The zero-order valence-corrected chi connectivity index (χ0v) is 12.1. The molecule has 19 heavy (non-hydrogen) atoms. The van der Waals surface area contributed by atoms with Gasteiger partial charge in [-0.1, -0.05) is 22.0 Å². The van der Waals surface area contributed by atoms with E-state index in [-0.39, 0.29) is 6.10 Å². The van der Waals surface area contributed by atoms with Crippen molar-refractivity contribution < 1.29 is 17.9 Å². The number of nitrogens with zero attached hydrogens (tertiary/aromatic N) is 1.